The molecule has 1 heterocycles. The zero-order valence-electron chi connectivity index (χ0n) is 13.0. The predicted molar refractivity (Wildman–Crippen MR) is 81.2 cm³/mol. The van der Waals surface area contributed by atoms with Crippen molar-refractivity contribution in [1.29, 1.82) is 0 Å². The molecule has 2 fully saturated rings. The van der Waals surface area contributed by atoms with Crippen LogP contribution in [0.25, 0.3) is 0 Å². The quantitative estimate of drug-likeness (QED) is 0.630. The highest BCUT2D eigenvalue weighted by Gasteiger charge is 2.51. The van der Waals surface area contributed by atoms with Gasteiger partial charge in [0.25, 0.3) is 0 Å². The van der Waals surface area contributed by atoms with E-state index in [1.807, 2.05) is 39.8 Å². The van der Waals surface area contributed by atoms with E-state index >= 15 is 0 Å². The summed E-state index contributed by atoms with van der Waals surface area (Å²) < 4.78 is 17.9. The lowest BCUT2D eigenvalue weighted by atomic mass is 9.78. The molecule has 0 aromatic heterocycles. The normalized spacial score (nSPS) is 23.1. The molecule has 4 nitrogen and oxygen atoms in total. The Balaban J connectivity index is 1.87. The fourth-order valence-electron chi connectivity index (χ4n) is 2.24. The van der Waals surface area contributed by atoms with Crippen LogP contribution in [0.1, 0.15) is 50.9 Å². The van der Waals surface area contributed by atoms with Crippen LogP contribution in [0.3, 0.4) is 0 Å². The number of carbonyl (C=O) groups is 1. The van der Waals surface area contributed by atoms with E-state index in [0.29, 0.717) is 11.3 Å². The number of carbonyl (C=O) groups excluding carboxylic acids is 1. The van der Waals surface area contributed by atoms with Gasteiger partial charge in [-0.2, -0.15) is 0 Å². The molecule has 112 valence electrons. The molecule has 1 saturated carbocycles. The second-order valence-corrected chi connectivity index (χ2v) is 6.82. The van der Waals surface area contributed by atoms with Crippen LogP contribution in [0, 0.1) is 0 Å². The molecule has 5 heteroatoms. The smallest absolute Gasteiger partial charge is 0.490 e. The molecule has 21 heavy (non-hydrogen) atoms. The minimum absolute atomic E-state index is 0.247. The van der Waals surface area contributed by atoms with Crippen molar-refractivity contribution in [2.75, 3.05) is 0 Å². The van der Waals surface area contributed by atoms with Gasteiger partial charge in [0.15, 0.2) is 6.29 Å². The fraction of sp³-hybridized carbons (Fsp3) is 0.562. The third-order valence-electron chi connectivity index (χ3n) is 4.51. The lowest BCUT2D eigenvalue weighted by Crippen LogP contribution is -2.41. The number of hydrogen-bond acceptors (Lipinski definition) is 4. The summed E-state index contributed by atoms with van der Waals surface area (Å²) in [7, 11) is -0.433. The Bertz CT molecular complexity index is 547. The van der Waals surface area contributed by atoms with Crippen LogP contribution in [-0.4, -0.2) is 30.7 Å². The molecule has 0 amide bonds. The Morgan fingerprint density at radius 2 is 1.81 bits per heavy atom. The minimum atomic E-state index is -0.433. The molecule has 2 aliphatic rings. The maximum Gasteiger partial charge on any atom is 0.494 e. The molecule has 1 aliphatic carbocycles. The summed E-state index contributed by atoms with van der Waals surface area (Å²) in [5.41, 5.74) is 0.703. The topological polar surface area (TPSA) is 44.8 Å². The molecule has 1 aromatic rings. The zero-order chi connectivity index (χ0) is 15.3. The highest BCUT2D eigenvalue weighted by atomic mass is 16.7. The maximum absolute atomic E-state index is 11.1. The van der Waals surface area contributed by atoms with E-state index in [4.69, 9.17) is 14.0 Å². The average molecular weight is 288 g/mol. The highest BCUT2D eigenvalue weighted by Crippen LogP contribution is 2.37. The Morgan fingerprint density at radius 1 is 1.19 bits per heavy atom. The largest absolute Gasteiger partial charge is 0.494 e. The minimum Gasteiger partial charge on any atom is -0.490 e. The van der Waals surface area contributed by atoms with Crippen LogP contribution in [-0.2, 0) is 9.31 Å². The Kier molecular flexibility index (Phi) is 3.37. The van der Waals surface area contributed by atoms with Crippen molar-refractivity contribution in [3.8, 4) is 5.75 Å². The molecule has 0 bridgehead atoms. The fourth-order valence-corrected chi connectivity index (χ4v) is 2.24. The van der Waals surface area contributed by atoms with Gasteiger partial charge in [0.2, 0.25) is 0 Å². The predicted octanol–water partition coefficient (Wildman–Crippen LogP) is 2.34. The van der Waals surface area contributed by atoms with Crippen LogP contribution in [0.5, 0.6) is 5.75 Å². The van der Waals surface area contributed by atoms with Gasteiger partial charge in [0.1, 0.15) is 5.75 Å². The van der Waals surface area contributed by atoms with Crippen LogP contribution in [0.15, 0.2) is 18.2 Å². The van der Waals surface area contributed by atoms with E-state index in [0.717, 1.165) is 24.6 Å². The Hall–Kier alpha value is -1.33. The molecule has 1 aromatic carbocycles. The van der Waals surface area contributed by atoms with E-state index < -0.39 is 7.12 Å². The van der Waals surface area contributed by atoms with Crippen molar-refractivity contribution >= 4 is 18.9 Å². The van der Waals surface area contributed by atoms with Gasteiger partial charge in [-0.15, -0.1) is 0 Å². The summed E-state index contributed by atoms with van der Waals surface area (Å²) >= 11 is 0. The lowest BCUT2D eigenvalue weighted by Gasteiger charge is -2.32. The standard InChI is InChI=1S/C16H21BO4/c1-15(2)16(3,4)21-17(20-15)12-6-5-11(10-18)14(9-12)19-13-7-8-13/h5-6,9-10,13H,7-8H2,1-4H3. The van der Waals surface area contributed by atoms with Crippen LogP contribution in [0.2, 0.25) is 0 Å². The molecule has 1 aliphatic heterocycles. The first kappa shape index (κ1) is 14.6. The highest BCUT2D eigenvalue weighted by molar-refractivity contribution is 6.62. The monoisotopic (exact) mass is 288 g/mol. The van der Waals surface area contributed by atoms with Crippen LogP contribution in [0.4, 0.5) is 0 Å². The summed E-state index contributed by atoms with van der Waals surface area (Å²) in [5.74, 6) is 0.625. The zero-order valence-corrected chi connectivity index (χ0v) is 13.0. The molecular weight excluding hydrogens is 267 g/mol. The second kappa shape index (κ2) is 4.85. The van der Waals surface area contributed by atoms with Gasteiger partial charge in [-0.1, -0.05) is 6.07 Å². The van der Waals surface area contributed by atoms with Gasteiger partial charge in [0.05, 0.1) is 22.9 Å². The van der Waals surface area contributed by atoms with Crippen molar-refractivity contribution in [2.24, 2.45) is 0 Å². The van der Waals surface area contributed by atoms with E-state index in [1.165, 1.54) is 0 Å². The van der Waals surface area contributed by atoms with Crippen molar-refractivity contribution in [3.05, 3.63) is 23.8 Å². The first-order valence-electron chi connectivity index (χ1n) is 7.44. The molecular formula is C16H21BO4. The van der Waals surface area contributed by atoms with E-state index in [-0.39, 0.29) is 17.3 Å². The number of hydrogen-bond donors (Lipinski definition) is 0. The Morgan fingerprint density at radius 3 is 2.33 bits per heavy atom. The molecule has 0 N–H and O–H groups in total. The summed E-state index contributed by atoms with van der Waals surface area (Å²) in [6, 6.07) is 5.50. The maximum atomic E-state index is 11.1. The summed E-state index contributed by atoms with van der Waals surface area (Å²) in [4.78, 5) is 11.1. The van der Waals surface area contributed by atoms with E-state index in [9.17, 15) is 4.79 Å². The number of benzene rings is 1. The van der Waals surface area contributed by atoms with E-state index in [2.05, 4.69) is 0 Å². The molecule has 0 atom stereocenters. The van der Waals surface area contributed by atoms with Crippen molar-refractivity contribution in [3.63, 3.8) is 0 Å². The lowest BCUT2D eigenvalue weighted by molar-refractivity contribution is 0.00578. The van der Waals surface area contributed by atoms with Crippen molar-refractivity contribution in [1.82, 2.24) is 0 Å². The van der Waals surface area contributed by atoms with E-state index in [1.54, 1.807) is 6.07 Å². The SMILES string of the molecule is CC1(C)OB(c2ccc(C=O)c(OC3CC3)c2)OC1(C)C. The van der Waals surface area contributed by atoms with Gasteiger partial charge in [-0.25, -0.2) is 0 Å². The van der Waals surface area contributed by atoms with Gasteiger partial charge in [0, 0.05) is 0 Å². The van der Waals surface area contributed by atoms with Gasteiger partial charge >= 0.3 is 7.12 Å². The van der Waals surface area contributed by atoms with Crippen molar-refractivity contribution < 1.29 is 18.8 Å². The number of aldehydes is 1. The number of ether oxygens (including phenoxy) is 1. The third-order valence-corrected chi connectivity index (χ3v) is 4.51. The first-order valence-corrected chi connectivity index (χ1v) is 7.44. The molecule has 0 spiro atoms. The van der Waals surface area contributed by atoms with Gasteiger partial charge < -0.3 is 14.0 Å². The summed E-state index contributed by atoms with van der Waals surface area (Å²) in [6.07, 6.45) is 3.18. The second-order valence-electron chi connectivity index (χ2n) is 6.82. The molecule has 0 unspecified atom stereocenters. The Labute approximate surface area is 125 Å². The van der Waals surface area contributed by atoms with Crippen molar-refractivity contribution in [2.45, 2.75) is 57.8 Å². The van der Waals surface area contributed by atoms with Crippen LogP contribution >= 0.6 is 0 Å². The third kappa shape index (κ3) is 2.72. The number of rotatable bonds is 4. The molecule has 3 rings (SSSR count). The molecule has 0 radical (unpaired) electrons. The average Bonchev–Trinajstić information content (AvgIpc) is 3.17. The summed E-state index contributed by atoms with van der Waals surface area (Å²) in [5, 5.41) is 0. The van der Waals surface area contributed by atoms with Gasteiger partial charge in [-0.05, 0) is 58.1 Å². The molecule has 1 saturated heterocycles. The van der Waals surface area contributed by atoms with Crippen LogP contribution < -0.4 is 10.2 Å². The van der Waals surface area contributed by atoms with Gasteiger partial charge in [-0.3, -0.25) is 4.79 Å². The first-order chi connectivity index (χ1) is 9.82. The summed E-state index contributed by atoms with van der Waals surface area (Å²) in [6.45, 7) is 8.09.